The molecule has 2 N–H and O–H groups in total. The molecule has 0 fully saturated rings. The number of hydrogen-bond acceptors (Lipinski definition) is 4. The van der Waals surface area contributed by atoms with Crippen LogP contribution in [0.1, 0.15) is 16.8 Å². The zero-order valence-corrected chi connectivity index (χ0v) is 17.9. The number of rotatable bonds is 5. The molecule has 4 rings (SSSR count). The van der Waals surface area contributed by atoms with Crippen molar-refractivity contribution in [3.8, 4) is 5.75 Å². The summed E-state index contributed by atoms with van der Waals surface area (Å²) >= 11 is 5.89. The number of halogens is 1. The van der Waals surface area contributed by atoms with E-state index in [4.69, 9.17) is 16.3 Å². The lowest BCUT2D eigenvalue weighted by atomic mass is 10.0. The fourth-order valence-corrected chi connectivity index (χ4v) is 3.72. The maximum Gasteiger partial charge on any atom is 0.262 e. The highest BCUT2D eigenvalue weighted by atomic mass is 35.5. The van der Waals surface area contributed by atoms with Crippen molar-refractivity contribution in [3.63, 3.8) is 0 Å². The number of carbonyl (C=O) groups excluding carboxylic acids is 3. The highest BCUT2D eigenvalue weighted by Crippen LogP contribution is 2.35. The highest BCUT2D eigenvalue weighted by Gasteiger charge is 2.39. The molecule has 1 unspecified atom stereocenters. The molecule has 3 aromatic carbocycles. The first-order chi connectivity index (χ1) is 15.5. The van der Waals surface area contributed by atoms with Crippen molar-refractivity contribution in [2.45, 2.75) is 12.5 Å². The molecule has 1 aliphatic rings. The van der Waals surface area contributed by atoms with Gasteiger partial charge in [0.05, 0.1) is 30.5 Å². The molecular formula is C24H20ClN3O4. The first kappa shape index (κ1) is 21.4. The Bertz CT molecular complexity index is 1180. The van der Waals surface area contributed by atoms with Crippen LogP contribution in [0.2, 0.25) is 5.02 Å². The van der Waals surface area contributed by atoms with E-state index in [1.807, 2.05) is 0 Å². The van der Waals surface area contributed by atoms with E-state index in [-0.39, 0.29) is 6.42 Å². The Hall–Kier alpha value is -3.84. The lowest BCUT2D eigenvalue weighted by Crippen LogP contribution is -2.52. The summed E-state index contributed by atoms with van der Waals surface area (Å²) < 4.78 is 5.34. The zero-order chi connectivity index (χ0) is 22.7. The molecule has 0 bridgehead atoms. The predicted octanol–water partition coefficient (Wildman–Crippen LogP) is 4.34. The number of carbonyl (C=O) groups is 3. The van der Waals surface area contributed by atoms with E-state index < -0.39 is 23.8 Å². The second kappa shape index (κ2) is 9.11. The van der Waals surface area contributed by atoms with Crippen LogP contribution < -0.4 is 20.3 Å². The van der Waals surface area contributed by atoms with Gasteiger partial charge in [0.25, 0.3) is 5.91 Å². The third-order valence-corrected chi connectivity index (χ3v) is 5.35. The molecule has 3 aromatic rings. The molecule has 0 aliphatic carbocycles. The van der Waals surface area contributed by atoms with E-state index >= 15 is 0 Å². The van der Waals surface area contributed by atoms with Gasteiger partial charge in [0.2, 0.25) is 11.8 Å². The Morgan fingerprint density at radius 1 is 1.03 bits per heavy atom. The standard InChI is InChI=1S/C24H20ClN3O4/c1-32-21-9-5-2-6-17(21)24(31)28-19-8-4-3-7-18(19)27-23(30)20(28)14-22(29)26-16-12-10-15(25)11-13-16/h2-13,20H,14H2,1H3,(H,26,29)(H,27,30). The van der Waals surface area contributed by atoms with Crippen LogP contribution in [-0.4, -0.2) is 30.9 Å². The first-order valence-corrected chi connectivity index (χ1v) is 10.3. The van der Waals surface area contributed by atoms with Gasteiger partial charge < -0.3 is 15.4 Å². The molecule has 3 amide bonds. The number of methoxy groups -OCH3 is 1. The van der Waals surface area contributed by atoms with Crippen LogP contribution in [-0.2, 0) is 9.59 Å². The van der Waals surface area contributed by atoms with Gasteiger partial charge in [-0.15, -0.1) is 0 Å². The van der Waals surface area contributed by atoms with Crippen LogP contribution in [0.15, 0.2) is 72.8 Å². The fraction of sp³-hybridized carbons (Fsp3) is 0.125. The molecule has 1 aliphatic heterocycles. The summed E-state index contributed by atoms with van der Waals surface area (Å²) in [6.45, 7) is 0. The number of ether oxygens (including phenoxy) is 1. The van der Waals surface area contributed by atoms with E-state index in [1.165, 1.54) is 12.0 Å². The fourth-order valence-electron chi connectivity index (χ4n) is 3.60. The second-order valence-electron chi connectivity index (χ2n) is 7.16. The van der Waals surface area contributed by atoms with Crippen LogP contribution in [0, 0.1) is 0 Å². The van der Waals surface area contributed by atoms with Crippen molar-refractivity contribution >= 4 is 46.4 Å². The summed E-state index contributed by atoms with van der Waals surface area (Å²) in [5.41, 5.74) is 1.84. The summed E-state index contributed by atoms with van der Waals surface area (Å²) in [7, 11) is 1.47. The Morgan fingerprint density at radius 2 is 1.72 bits per heavy atom. The largest absolute Gasteiger partial charge is 0.496 e. The molecule has 0 saturated heterocycles. The van der Waals surface area contributed by atoms with Gasteiger partial charge in [0, 0.05) is 10.7 Å². The van der Waals surface area contributed by atoms with Gasteiger partial charge >= 0.3 is 0 Å². The molecule has 32 heavy (non-hydrogen) atoms. The third kappa shape index (κ3) is 4.29. The minimum atomic E-state index is -1.05. The number of para-hydroxylation sites is 3. The van der Waals surface area contributed by atoms with Crippen molar-refractivity contribution in [2.24, 2.45) is 0 Å². The molecule has 1 heterocycles. The zero-order valence-electron chi connectivity index (χ0n) is 17.2. The molecule has 0 spiro atoms. The number of nitrogens with one attached hydrogen (secondary N) is 2. The summed E-state index contributed by atoms with van der Waals surface area (Å²) in [6.07, 6.45) is -0.232. The SMILES string of the molecule is COc1ccccc1C(=O)N1c2ccccc2NC(=O)C1CC(=O)Nc1ccc(Cl)cc1. The first-order valence-electron chi connectivity index (χ1n) is 9.90. The van der Waals surface area contributed by atoms with Gasteiger partial charge in [-0.1, -0.05) is 35.9 Å². The number of amides is 3. The lowest BCUT2D eigenvalue weighted by Gasteiger charge is -2.36. The van der Waals surface area contributed by atoms with Crippen molar-refractivity contribution in [2.75, 3.05) is 22.6 Å². The maximum absolute atomic E-state index is 13.6. The van der Waals surface area contributed by atoms with Gasteiger partial charge in [-0.3, -0.25) is 19.3 Å². The Balaban J connectivity index is 1.67. The van der Waals surface area contributed by atoms with Gasteiger partial charge in [-0.25, -0.2) is 0 Å². The van der Waals surface area contributed by atoms with E-state index in [2.05, 4.69) is 10.6 Å². The van der Waals surface area contributed by atoms with Gasteiger partial charge in [-0.2, -0.15) is 0 Å². The maximum atomic E-state index is 13.6. The van der Waals surface area contributed by atoms with Crippen molar-refractivity contribution < 1.29 is 19.1 Å². The molecule has 0 aromatic heterocycles. The normalized spacial score (nSPS) is 14.9. The third-order valence-electron chi connectivity index (χ3n) is 5.10. The molecule has 162 valence electrons. The lowest BCUT2D eigenvalue weighted by molar-refractivity contribution is -0.122. The van der Waals surface area contributed by atoms with Crippen LogP contribution >= 0.6 is 11.6 Å². The topological polar surface area (TPSA) is 87.7 Å². The number of fused-ring (bicyclic) bond motifs is 1. The van der Waals surface area contributed by atoms with E-state index in [1.54, 1.807) is 72.8 Å². The summed E-state index contributed by atoms with van der Waals surface area (Å²) in [6, 6.07) is 19.3. The number of hydrogen-bond donors (Lipinski definition) is 2. The average Bonchev–Trinajstić information content (AvgIpc) is 2.80. The van der Waals surface area contributed by atoms with Gasteiger partial charge in [-0.05, 0) is 48.5 Å². The van der Waals surface area contributed by atoms with Crippen LogP contribution in [0.4, 0.5) is 17.1 Å². The molecule has 1 atom stereocenters. The van der Waals surface area contributed by atoms with Crippen molar-refractivity contribution in [1.82, 2.24) is 0 Å². The molecule has 7 nitrogen and oxygen atoms in total. The van der Waals surface area contributed by atoms with Crippen LogP contribution in [0.25, 0.3) is 0 Å². The van der Waals surface area contributed by atoms with Gasteiger partial charge in [0.15, 0.2) is 0 Å². The Labute approximate surface area is 189 Å². The summed E-state index contributed by atoms with van der Waals surface area (Å²) in [5.74, 6) is -0.915. The molecule has 8 heteroatoms. The van der Waals surface area contributed by atoms with E-state index in [9.17, 15) is 14.4 Å². The number of nitrogens with zero attached hydrogens (tertiary/aromatic N) is 1. The van der Waals surface area contributed by atoms with Crippen LogP contribution in [0.5, 0.6) is 5.75 Å². The number of anilines is 3. The number of benzene rings is 3. The summed E-state index contributed by atoms with van der Waals surface area (Å²) in [4.78, 5) is 40.7. The predicted molar refractivity (Wildman–Crippen MR) is 123 cm³/mol. The van der Waals surface area contributed by atoms with E-state index in [0.29, 0.717) is 33.4 Å². The summed E-state index contributed by atoms with van der Waals surface area (Å²) in [5, 5.41) is 6.07. The van der Waals surface area contributed by atoms with Crippen LogP contribution in [0.3, 0.4) is 0 Å². The Morgan fingerprint density at radius 3 is 2.47 bits per heavy atom. The molecular weight excluding hydrogens is 430 g/mol. The van der Waals surface area contributed by atoms with Crippen molar-refractivity contribution in [3.05, 3.63) is 83.4 Å². The Kier molecular flexibility index (Phi) is 6.09. The average molecular weight is 450 g/mol. The minimum absolute atomic E-state index is 0.232. The van der Waals surface area contributed by atoms with Gasteiger partial charge in [0.1, 0.15) is 11.8 Å². The van der Waals surface area contributed by atoms with E-state index in [0.717, 1.165) is 0 Å². The minimum Gasteiger partial charge on any atom is -0.496 e. The van der Waals surface area contributed by atoms with Crippen molar-refractivity contribution in [1.29, 1.82) is 0 Å². The molecule has 0 saturated carbocycles. The quantitative estimate of drug-likeness (QED) is 0.606. The monoisotopic (exact) mass is 449 g/mol. The molecule has 0 radical (unpaired) electrons. The smallest absolute Gasteiger partial charge is 0.262 e. The second-order valence-corrected chi connectivity index (χ2v) is 7.59. The highest BCUT2D eigenvalue weighted by molar-refractivity contribution is 6.30.